The van der Waals surface area contributed by atoms with E-state index in [1.54, 1.807) is 6.07 Å². The van der Waals surface area contributed by atoms with Crippen LogP contribution < -0.4 is 5.32 Å². The van der Waals surface area contributed by atoms with Crippen molar-refractivity contribution in [2.45, 2.75) is 37.0 Å². The molecule has 0 aromatic heterocycles. The summed E-state index contributed by atoms with van der Waals surface area (Å²) in [4.78, 5) is 0. The van der Waals surface area contributed by atoms with Crippen molar-refractivity contribution < 1.29 is 4.39 Å². The number of nitrogens with one attached hydrogen (secondary N) is 1. The molecule has 1 aromatic rings. The lowest BCUT2D eigenvalue weighted by molar-refractivity contribution is 0.532. The third kappa shape index (κ3) is 3.62. The van der Waals surface area contributed by atoms with Gasteiger partial charge in [-0.15, -0.1) is 0 Å². The van der Waals surface area contributed by atoms with E-state index in [0.717, 1.165) is 12.1 Å². The standard InChI is InChI=1S/C14H19ClFNS/c1-18-14(4-2-3-5-14)10-17-9-11-6-12(15)8-13(16)7-11/h6-8,17H,2-5,9-10H2,1H3. The molecule has 0 atom stereocenters. The Morgan fingerprint density at radius 3 is 2.67 bits per heavy atom. The first-order valence-corrected chi connectivity index (χ1v) is 7.95. The van der Waals surface area contributed by atoms with E-state index < -0.39 is 0 Å². The molecule has 0 spiro atoms. The molecule has 0 bridgehead atoms. The van der Waals surface area contributed by atoms with Gasteiger partial charge in [-0.3, -0.25) is 0 Å². The third-order valence-corrected chi connectivity index (χ3v) is 5.28. The molecule has 0 heterocycles. The molecule has 2 rings (SSSR count). The van der Waals surface area contributed by atoms with Crippen LogP contribution in [0.15, 0.2) is 18.2 Å². The quantitative estimate of drug-likeness (QED) is 0.869. The fourth-order valence-corrected chi connectivity index (χ4v) is 3.81. The maximum atomic E-state index is 13.2. The van der Waals surface area contributed by atoms with Gasteiger partial charge in [0.2, 0.25) is 0 Å². The Hall–Kier alpha value is -0.250. The zero-order chi connectivity index (χ0) is 13.0. The predicted molar refractivity (Wildman–Crippen MR) is 77.8 cm³/mol. The molecular formula is C14H19ClFNS. The monoisotopic (exact) mass is 287 g/mol. The first-order chi connectivity index (χ1) is 8.63. The minimum atomic E-state index is -0.264. The van der Waals surface area contributed by atoms with Crippen LogP contribution in [0.2, 0.25) is 5.02 Å². The van der Waals surface area contributed by atoms with E-state index in [1.807, 2.05) is 17.8 Å². The van der Waals surface area contributed by atoms with Crippen molar-refractivity contribution >= 4 is 23.4 Å². The molecule has 1 aromatic carbocycles. The number of halogens is 2. The van der Waals surface area contributed by atoms with Crippen LogP contribution in [0.25, 0.3) is 0 Å². The molecule has 1 aliphatic rings. The fourth-order valence-electron chi connectivity index (χ4n) is 2.62. The van der Waals surface area contributed by atoms with Gasteiger partial charge in [0.05, 0.1) is 0 Å². The second kappa shape index (κ2) is 6.27. The van der Waals surface area contributed by atoms with Gasteiger partial charge in [0.1, 0.15) is 5.82 Å². The van der Waals surface area contributed by atoms with Crippen molar-refractivity contribution in [3.8, 4) is 0 Å². The lowest BCUT2D eigenvalue weighted by Crippen LogP contribution is -2.34. The fraction of sp³-hybridized carbons (Fsp3) is 0.571. The summed E-state index contributed by atoms with van der Waals surface area (Å²) in [7, 11) is 0. The molecule has 1 fully saturated rings. The van der Waals surface area contributed by atoms with Crippen LogP contribution in [-0.4, -0.2) is 17.5 Å². The van der Waals surface area contributed by atoms with Gasteiger partial charge in [0, 0.05) is 22.9 Å². The highest BCUT2D eigenvalue weighted by Gasteiger charge is 2.32. The van der Waals surface area contributed by atoms with Crippen LogP contribution in [0.3, 0.4) is 0 Å². The number of benzene rings is 1. The van der Waals surface area contributed by atoms with E-state index >= 15 is 0 Å². The molecule has 1 aliphatic carbocycles. The number of hydrogen-bond acceptors (Lipinski definition) is 2. The SMILES string of the molecule is CSC1(CNCc2cc(F)cc(Cl)c2)CCCC1. The zero-order valence-corrected chi connectivity index (χ0v) is 12.2. The molecular weight excluding hydrogens is 269 g/mol. The second-order valence-electron chi connectivity index (χ2n) is 4.98. The highest BCUT2D eigenvalue weighted by molar-refractivity contribution is 8.00. The molecule has 0 saturated heterocycles. The van der Waals surface area contributed by atoms with Gasteiger partial charge in [-0.05, 0) is 42.9 Å². The van der Waals surface area contributed by atoms with Crippen molar-refractivity contribution in [2.75, 3.05) is 12.8 Å². The highest BCUT2D eigenvalue weighted by Crippen LogP contribution is 2.39. The van der Waals surface area contributed by atoms with Crippen LogP contribution in [0, 0.1) is 5.82 Å². The minimum Gasteiger partial charge on any atom is -0.311 e. The van der Waals surface area contributed by atoms with Gasteiger partial charge < -0.3 is 5.32 Å². The first-order valence-electron chi connectivity index (χ1n) is 6.34. The number of thioether (sulfide) groups is 1. The van der Waals surface area contributed by atoms with Crippen LogP contribution in [0.4, 0.5) is 4.39 Å². The van der Waals surface area contributed by atoms with Gasteiger partial charge in [-0.2, -0.15) is 11.8 Å². The number of rotatable bonds is 5. The van der Waals surface area contributed by atoms with Gasteiger partial charge in [-0.1, -0.05) is 24.4 Å². The van der Waals surface area contributed by atoms with Crippen LogP contribution in [-0.2, 0) is 6.54 Å². The summed E-state index contributed by atoms with van der Waals surface area (Å²) in [5.74, 6) is -0.264. The second-order valence-corrected chi connectivity index (χ2v) is 6.69. The molecule has 4 heteroatoms. The van der Waals surface area contributed by atoms with Gasteiger partial charge >= 0.3 is 0 Å². The summed E-state index contributed by atoms with van der Waals surface area (Å²) < 4.78 is 13.6. The first kappa shape index (κ1) is 14.2. The average molecular weight is 288 g/mol. The zero-order valence-electron chi connectivity index (χ0n) is 10.6. The third-order valence-electron chi connectivity index (χ3n) is 3.65. The molecule has 0 unspecified atom stereocenters. The molecule has 0 amide bonds. The Labute approximate surface area is 117 Å². The summed E-state index contributed by atoms with van der Waals surface area (Å²) >= 11 is 7.80. The predicted octanol–water partition coefficient (Wildman–Crippen LogP) is 4.24. The van der Waals surface area contributed by atoms with Crippen molar-refractivity contribution in [2.24, 2.45) is 0 Å². The van der Waals surface area contributed by atoms with E-state index in [-0.39, 0.29) is 5.82 Å². The summed E-state index contributed by atoms with van der Waals surface area (Å²) in [5, 5.41) is 3.91. The topological polar surface area (TPSA) is 12.0 Å². The summed E-state index contributed by atoms with van der Waals surface area (Å²) in [6.45, 7) is 1.67. The maximum Gasteiger partial charge on any atom is 0.125 e. The Morgan fingerprint density at radius 2 is 2.06 bits per heavy atom. The van der Waals surface area contributed by atoms with E-state index in [9.17, 15) is 4.39 Å². The Bertz CT molecular complexity index is 385. The summed E-state index contributed by atoms with van der Waals surface area (Å²) in [5.41, 5.74) is 0.911. The molecule has 0 aliphatic heterocycles. The van der Waals surface area contributed by atoms with Gasteiger partial charge in [0.15, 0.2) is 0 Å². The van der Waals surface area contributed by atoms with E-state index in [0.29, 0.717) is 16.3 Å². The largest absolute Gasteiger partial charge is 0.311 e. The molecule has 1 saturated carbocycles. The van der Waals surface area contributed by atoms with E-state index in [1.165, 1.54) is 31.7 Å². The normalized spacial score (nSPS) is 18.2. The Balaban J connectivity index is 1.87. The molecule has 1 nitrogen and oxygen atoms in total. The van der Waals surface area contributed by atoms with Crippen molar-refractivity contribution in [3.05, 3.63) is 34.6 Å². The van der Waals surface area contributed by atoms with Crippen LogP contribution in [0.1, 0.15) is 31.2 Å². The van der Waals surface area contributed by atoms with Crippen molar-refractivity contribution in [1.82, 2.24) is 5.32 Å². The lowest BCUT2D eigenvalue weighted by Gasteiger charge is -2.27. The highest BCUT2D eigenvalue weighted by atomic mass is 35.5. The Kier molecular flexibility index (Phi) is 4.93. The van der Waals surface area contributed by atoms with E-state index in [2.05, 4.69) is 11.6 Å². The average Bonchev–Trinajstić information content (AvgIpc) is 2.77. The van der Waals surface area contributed by atoms with Gasteiger partial charge in [0.25, 0.3) is 0 Å². The molecule has 18 heavy (non-hydrogen) atoms. The summed E-state index contributed by atoms with van der Waals surface area (Å²) in [6, 6.07) is 4.70. The van der Waals surface area contributed by atoms with Crippen LogP contribution in [0.5, 0.6) is 0 Å². The van der Waals surface area contributed by atoms with Crippen LogP contribution >= 0.6 is 23.4 Å². The van der Waals surface area contributed by atoms with Crippen molar-refractivity contribution in [3.63, 3.8) is 0 Å². The minimum absolute atomic E-state index is 0.264. The molecule has 100 valence electrons. The number of hydrogen-bond donors (Lipinski definition) is 1. The lowest BCUT2D eigenvalue weighted by atomic mass is 10.1. The van der Waals surface area contributed by atoms with Crippen molar-refractivity contribution in [1.29, 1.82) is 0 Å². The van der Waals surface area contributed by atoms with E-state index in [4.69, 9.17) is 11.6 Å². The summed E-state index contributed by atoms with van der Waals surface area (Å²) in [6.07, 6.45) is 7.41. The smallest absolute Gasteiger partial charge is 0.125 e. The molecule has 0 radical (unpaired) electrons. The van der Waals surface area contributed by atoms with Gasteiger partial charge in [-0.25, -0.2) is 4.39 Å². The maximum absolute atomic E-state index is 13.2. The molecule has 1 N–H and O–H groups in total. The Morgan fingerprint density at radius 1 is 1.33 bits per heavy atom.